The topological polar surface area (TPSA) is 75.6 Å². The van der Waals surface area contributed by atoms with Gasteiger partial charge in [-0.1, -0.05) is 37.3 Å². The summed E-state index contributed by atoms with van der Waals surface area (Å²) in [5, 5.41) is 11.7. The van der Waals surface area contributed by atoms with Crippen LogP contribution in [0.2, 0.25) is 0 Å². The lowest BCUT2D eigenvalue weighted by Gasteiger charge is -2.27. The molecule has 2 atom stereocenters. The van der Waals surface area contributed by atoms with Crippen LogP contribution in [0.3, 0.4) is 0 Å². The fraction of sp³-hybridized carbons (Fsp3) is 0.429. The van der Waals surface area contributed by atoms with Gasteiger partial charge >= 0.3 is 5.97 Å². The number of carboxylic acid groups (broad SMARTS) is 1. The van der Waals surface area contributed by atoms with Crippen LogP contribution in [0.4, 0.5) is 0 Å². The Morgan fingerprint density at radius 2 is 1.95 bits per heavy atom. The number of methoxy groups -OCH3 is 1. The monoisotopic (exact) mass is 265 g/mol. The van der Waals surface area contributed by atoms with E-state index in [1.54, 1.807) is 44.2 Å². The third-order valence-electron chi connectivity index (χ3n) is 3.26. The molecule has 5 heteroatoms. The van der Waals surface area contributed by atoms with Gasteiger partial charge in [-0.3, -0.25) is 4.79 Å². The van der Waals surface area contributed by atoms with Crippen LogP contribution < -0.4 is 5.32 Å². The van der Waals surface area contributed by atoms with Crippen LogP contribution in [0.15, 0.2) is 30.3 Å². The number of carbonyl (C=O) groups excluding carboxylic acids is 1. The molecular formula is C14H19NO4. The highest BCUT2D eigenvalue weighted by molar-refractivity contribution is 5.89. The van der Waals surface area contributed by atoms with Gasteiger partial charge in [0.2, 0.25) is 0 Å². The van der Waals surface area contributed by atoms with Crippen molar-refractivity contribution >= 4 is 11.9 Å². The molecule has 0 aliphatic heterocycles. The lowest BCUT2D eigenvalue weighted by Crippen LogP contribution is -2.48. The van der Waals surface area contributed by atoms with Crippen molar-refractivity contribution in [2.75, 3.05) is 7.11 Å². The highest BCUT2D eigenvalue weighted by Gasteiger charge is 2.34. The molecule has 0 radical (unpaired) electrons. The van der Waals surface area contributed by atoms with E-state index in [0.29, 0.717) is 12.0 Å². The smallest absolute Gasteiger partial charge is 0.330 e. The van der Waals surface area contributed by atoms with E-state index >= 15 is 0 Å². The van der Waals surface area contributed by atoms with Gasteiger partial charge in [-0.25, -0.2) is 4.79 Å². The van der Waals surface area contributed by atoms with Crippen LogP contribution >= 0.6 is 0 Å². The quantitative estimate of drug-likeness (QED) is 0.821. The molecule has 1 amide bonds. The average Bonchev–Trinajstić information content (AvgIpc) is 2.44. The van der Waals surface area contributed by atoms with Crippen LogP contribution in [-0.2, 0) is 14.3 Å². The standard InChI is InChI=1S/C14H19NO4/c1-4-14(2,19-3)13(18)15-11(12(16)17)10-8-6-5-7-9-10/h5-9,11H,4H2,1-3H3,(H,15,18)(H,16,17)/t11-,14?/m1/s1. The van der Waals surface area contributed by atoms with Crippen molar-refractivity contribution in [2.24, 2.45) is 0 Å². The third kappa shape index (κ3) is 3.54. The van der Waals surface area contributed by atoms with Gasteiger partial charge in [0, 0.05) is 7.11 Å². The van der Waals surface area contributed by atoms with Crippen molar-refractivity contribution in [3.05, 3.63) is 35.9 Å². The van der Waals surface area contributed by atoms with Crippen molar-refractivity contribution in [2.45, 2.75) is 31.9 Å². The first-order chi connectivity index (χ1) is 8.94. The van der Waals surface area contributed by atoms with E-state index in [2.05, 4.69) is 5.32 Å². The first-order valence-electron chi connectivity index (χ1n) is 6.08. The second-order valence-corrected chi connectivity index (χ2v) is 4.44. The number of benzene rings is 1. The molecule has 19 heavy (non-hydrogen) atoms. The summed E-state index contributed by atoms with van der Waals surface area (Å²) in [7, 11) is 1.43. The Balaban J connectivity index is 2.93. The predicted molar refractivity (Wildman–Crippen MR) is 70.7 cm³/mol. The van der Waals surface area contributed by atoms with Gasteiger partial charge in [0.15, 0.2) is 6.04 Å². The second kappa shape index (κ2) is 6.33. The van der Waals surface area contributed by atoms with Gasteiger partial charge in [0.05, 0.1) is 0 Å². The molecule has 0 saturated heterocycles. The summed E-state index contributed by atoms with van der Waals surface area (Å²) in [5.74, 6) is -1.54. The number of ether oxygens (including phenoxy) is 1. The minimum atomic E-state index is -1.10. The maximum atomic E-state index is 12.1. The van der Waals surface area contributed by atoms with Crippen LogP contribution in [0.25, 0.3) is 0 Å². The Morgan fingerprint density at radius 3 is 2.37 bits per heavy atom. The number of rotatable bonds is 6. The Morgan fingerprint density at radius 1 is 1.37 bits per heavy atom. The molecule has 0 heterocycles. The molecule has 1 aromatic carbocycles. The summed E-state index contributed by atoms with van der Waals surface area (Å²) in [6, 6.07) is 7.49. The van der Waals surface area contributed by atoms with E-state index in [1.165, 1.54) is 7.11 Å². The van der Waals surface area contributed by atoms with E-state index in [0.717, 1.165) is 0 Å². The van der Waals surface area contributed by atoms with Gasteiger partial charge in [-0.2, -0.15) is 0 Å². The average molecular weight is 265 g/mol. The second-order valence-electron chi connectivity index (χ2n) is 4.44. The Hall–Kier alpha value is -1.88. The molecule has 0 spiro atoms. The van der Waals surface area contributed by atoms with E-state index in [-0.39, 0.29) is 0 Å². The van der Waals surface area contributed by atoms with E-state index < -0.39 is 23.5 Å². The Kier molecular flexibility index (Phi) is 5.06. The number of hydrogen-bond acceptors (Lipinski definition) is 3. The third-order valence-corrected chi connectivity index (χ3v) is 3.26. The zero-order valence-corrected chi connectivity index (χ0v) is 11.3. The first kappa shape index (κ1) is 15.2. The summed E-state index contributed by atoms with van der Waals surface area (Å²) in [6.07, 6.45) is 0.455. The van der Waals surface area contributed by atoms with Crippen LogP contribution in [0.1, 0.15) is 31.9 Å². The molecule has 0 aromatic heterocycles. The van der Waals surface area contributed by atoms with Crippen molar-refractivity contribution in [1.82, 2.24) is 5.32 Å². The maximum Gasteiger partial charge on any atom is 0.330 e. The maximum absolute atomic E-state index is 12.1. The van der Waals surface area contributed by atoms with Crippen molar-refractivity contribution in [1.29, 1.82) is 0 Å². The molecule has 5 nitrogen and oxygen atoms in total. The van der Waals surface area contributed by atoms with Crippen LogP contribution in [-0.4, -0.2) is 29.7 Å². The molecular weight excluding hydrogens is 246 g/mol. The van der Waals surface area contributed by atoms with Gasteiger partial charge in [-0.05, 0) is 18.9 Å². The van der Waals surface area contributed by atoms with E-state index in [1.807, 2.05) is 0 Å². The van der Waals surface area contributed by atoms with E-state index in [9.17, 15) is 14.7 Å². The zero-order chi connectivity index (χ0) is 14.5. The minimum Gasteiger partial charge on any atom is -0.479 e. The lowest BCUT2D eigenvalue weighted by atomic mass is 10.00. The van der Waals surface area contributed by atoms with Gasteiger partial charge in [0.25, 0.3) is 5.91 Å². The summed E-state index contributed by atoms with van der Waals surface area (Å²) < 4.78 is 5.16. The summed E-state index contributed by atoms with van der Waals surface area (Å²) in [6.45, 7) is 3.44. The molecule has 0 aliphatic carbocycles. The van der Waals surface area contributed by atoms with Crippen LogP contribution in [0, 0.1) is 0 Å². The lowest BCUT2D eigenvalue weighted by molar-refractivity contribution is -0.148. The van der Waals surface area contributed by atoms with Gasteiger partial charge in [0.1, 0.15) is 5.60 Å². The highest BCUT2D eigenvalue weighted by atomic mass is 16.5. The molecule has 1 rings (SSSR count). The summed E-state index contributed by atoms with van der Waals surface area (Å²) in [5.41, 5.74) is -0.499. The molecule has 0 fully saturated rings. The molecule has 2 N–H and O–H groups in total. The van der Waals surface area contributed by atoms with Crippen molar-refractivity contribution in [3.8, 4) is 0 Å². The number of nitrogens with one attached hydrogen (secondary N) is 1. The fourth-order valence-corrected chi connectivity index (χ4v) is 1.61. The summed E-state index contributed by atoms with van der Waals surface area (Å²) in [4.78, 5) is 23.4. The van der Waals surface area contributed by atoms with E-state index in [4.69, 9.17) is 4.74 Å². The summed E-state index contributed by atoms with van der Waals surface area (Å²) >= 11 is 0. The first-order valence-corrected chi connectivity index (χ1v) is 6.08. The highest BCUT2D eigenvalue weighted by Crippen LogP contribution is 2.18. The van der Waals surface area contributed by atoms with Gasteiger partial charge < -0.3 is 15.2 Å². The van der Waals surface area contributed by atoms with Crippen molar-refractivity contribution < 1.29 is 19.4 Å². The van der Waals surface area contributed by atoms with Crippen molar-refractivity contribution in [3.63, 3.8) is 0 Å². The zero-order valence-electron chi connectivity index (χ0n) is 11.3. The molecule has 0 saturated carbocycles. The van der Waals surface area contributed by atoms with Crippen LogP contribution in [0.5, 0.6) is 0 Å². The molecule has 104 valence electrons. The number of aliphatic carboxylic acids is 1. The number of amides is 1. The molecule has 0 aliphatic rings. The number of carboxylic acids is 1. The minimum absolute atomic E-state index is 0.436. The Labute approximate surface area is 112 Å². The normalized spacial score (nSPS) is 15.3. The SMILES string of the molecule is CCC(C)(OC)C(=O)N[C@@H](C(=O)O)c1ccccc1. The number of hydrogen-bond donors (Lipinski definition) is 2. The number of carbonyl (C=O) groups is 2. The fourth-order valence-electron chi connectivity index (χ4n) is 1.61. The predicted octanol–water partition coefficient (Wildman–Crippen LogP) is 1.74. The molecule has 0 bridgehead atoms. The largest absolute Gasteiger partial charge is 0.479 e. The van der Waals surface area contributed by atoms with Gasteiger partial charge in [-0.15, -0.1) is 0 Å². The molecule has 1 unspecified atom stereocenters. The molecule has 1 aromatic rings. The Bertz CT molecular complexity index is 440.